The quantitative estimate of drug-likeness (QED) is 0.833. The van der Waals surface area contributed by atoms with Crippen molar-refractivity contribution in [3.8, 4) is 0 Å². The number of nitrogens with one attached hydrogen (secondary N) is 2. The van der Waals surface area contributed by atoms with Gasteiger partial charge in [-0.15, -0.1) is 0 Å². The van der Waals surface area contributed by atoms with Crippen molar-refractivity contribution in [1.82, 2.24) is 5.32 Å². The molecule has 0 fully saturated rings. The summed E-state index contributed by atoms with van der Waals surface area (Å²) in [4.78, 5) is 11.8. The number of anilines is 1. The standard InChI is InChI=1S/C17H19BrN2O/c1-13-7-8-15(11-16(13)18)19-10-9-17(21)20-12-14-5-3-2-4-6-14/h2-8,11,19H,9-10,12H2,1H3,(H,20,21). The highest BCUT2D eigenvalue weighted by Gasteiger charge is 2.02. The highest BCUT2D eigenvalue weighted by atomic mass is 79.9. The van der Waals surface area contributed by atoms with Crippen molar-refractivity contribution in [2.24, 2.45) is 0 Å². The fraction of sp³-hybridized carbons (Fsp3) is 0.235. The zero-order valence-corrected chi connectivity index (χ0v) is 13.6. The first-order valence-electron chi connectivity index (χ1n) is 6.96. The van der Waals surface area contributed by atoms with Crippen LogP contribution in [0.2, 0.25) is 0 Å². The van der Waals surface area contributed by atoms with Crippen LogP contribution < -0.4 is 10.6 Å². The Morgan fingerprint density at radius 2 is 1.90 bits per heavy atom. The zero-order chi connectivity index (χ0) is 15.1. The van der Waals surface area contributed by atoms with Crippen molar-refractivity contribution in [2.45, 2.75) is 19.9 Å². The number of hydrogen-bond acceptors (Lipinski definition) is 2. The van der Waals surface area contributed by atoms with Crippen LogP contribution in [0.1, 0.15) is 17.5 Å². The van der Waals surface area contributed by atoms with Crippen molar-refractivity contribution >= 4 is 27.5 Å². The summed E-state index contributed by atoms with van der Waals surface area (Å²) >= 11 is 3.50. The minimum Gasteiger partial charge on any atom is -0.384 e. The molecular formula is C17H19BrN2O. The molecule has 0 spiro atoms. The summed E-state index contributed by atoms with van der Waals surface area (Å²) in [6.07, 6.45) is 0.457. The van der Waals surface area contributed by atoms with Gasteiger partial charge in [0.2, 0.25) is 5.91 Å². The van der Waals surface area contributed by atoms with E-state index in [2.05, 4.69) is 26.6 Å². The number of benzene rings is 2. The predicted molar refractivity (Wildman–Crippen MR) is 90.3 cm³/mol. The van der Waals surface area contributed by atoms with E-state index in [1.807, 2.05) is 55.5 Å². The SMILES string of the molecule is Cc1ccc(NCCC(=O)NCc2ccccc2)cc1Br. The van der Waals surface area contributed by atoms with Crippen LogP contribution in [0.3, 0.4) is 0 Å². The van der Waals surface area contributed by atoms with Gasteiger partial charge >= 0.3 is 0 Å². The van der Waals surface area contributed by atoms with Gasteiger partial charge in [0.05, 0.1) is 0 Å². The molecule has 0 aliphatic rings. The zero-order valence-electron chi connectivity index (χ0n) is 12.0. The van der Waals surface area contributed by atoms with E-state index >= 15 is 0 Å². The summed E-state index contributed by atoms with van der Waals surface area (Å²) in [6.45, 7) is 3.25. The van der Waals surface area contributed by atoms with E-state index < -0.39 is 0 Å². The van der Waals surface area contributed by atoms with Crippen molar-refractivity contribution in [3.63, 3.8) is 0 Å². The maximum Gasteiger partial charge on any atom is 0.222 e. The first kappa shape index (κ1) is 15.6. The fourth-order valence-electron chi connectivity index (χ4n) is 1.91. The summed E-state index contributed by atoms with van der Waals surface area (Å²) in [6, 6.07) is 16.0. The van der Waals surface area contributed by atoms with Crippen LogP contribution in [-0.2, 0) is 11.3 Å². The lowest BCUT2D eigenvalue weighted by Gasteiger charge is -2.09. The number of hydrogen-bond donors (Lipinski definition) is 2. The summed E-state index contributed by atoms with van der Waals surface area (Å²) in [5, 5.41) is 6.17. The third-order valence-electron chi connectivity index (χ3n) is 3.19. The van der Waals surface area contributed by atoms with Gasteiger partial charge in [-0.25, -0.2) is 0 Å². The average Bonchev–Trinajstić information content (AvgIpc) is 2.50. The second-order valence-electron chi connectivity index (χ2n) is 4.90. The van der Waals surface area contributed by atoms with Gasteiger partial charge in [0.15, 0.2) is 0 Å². The van der Waals surface area contributed by atoms with Gasteiger partial charge in [0, 0.05) is 29.7 Å². The molecule has 0 radical (unpaired) electrons. The number of aryl methyl sites for hydroxylation is 1. The molecule has 0 aromatic heterocycles. The molecule has 110 valence electrons. The molecule has 2 rings (SSSR count). The van der Waals surface area contributed by atoms with Crippen LogP contribution in [0.5, 0.6) is 0 Å². The Morgan fingerprint density at radius 1 is 1.14 bits per heavy atom. The molecule has 2 aromatic carbocycles. The topological polar surface area (TPSA) is 41.1 Å². The minimum absolute atomic E-state index is 0.0533. The lowest BCUT2D eigenvalue weighted by atomic mass is 10.2. The Bertz CT molecular complexity index is 599. The molecule has 0 unspecified atom stereocenters. The Balaban J connectivity index is 1.70. The first-order valence-corrected chi connectivity index (χ1v) is 7.75. The van der Waals surface area contributed by atoms with Gasteiger partial charge in [0.1, 0.15) is 0 Å². The Morgan fingerprint density at radius 3 is 2.62 bits per heavy atom. The van der Waals surface area contributed by atoms with Crippen LogP contribution >= 0.6 is 15.9 Å². The van der Waals surface area contributed by atoms with Crippen molar-refractivity contribution in [3.05, 3.63) is 64.1 Å². The van der Waals surface area contributed by atoms with Gasteiger partial charge in [-0.05, 0) is 30.2 Å². The molecule has 0 saturated heterocycles. The maximum absolute atomic E-state index is 11.8. The monoisotopic (exact) mass is 346 g/mol. The summed E-state index contributed by atoms with van der Waals surface area (Å²) in [5.74, 6) is 0.0533. The molecule has 2 aromatic rings. The normalized spacial score (nSPS) is 10.2. The molecule has 0 saturated carbocycles. The first-order chi connectivity index (χ1) is 10.1. The molecular weight excluding hydrogens is 328 g/mol. The second-order valence-corrected chi connectivity index (χ2v) is 5.76. The molecule has 0 aliphatic heterocycles. The van der Waals surface area contributed by atoms with Gasteiger partial charge in [-0.3, -0.25) is 4.79 Å². The van der Waals surface area contributed by atoms with Crippen LogP contribution in [0.15, 0.2) is 53.0 Å². The second kappa shape index (κ2) is 7.84. The summed E-state index contributed by atoms with van der Waals surface area (Å²) in [7, 11) is 0. The number of amides is 1. The van der Waals surface area contributed by atoms with Crippen LogP contribution in [0, 0.1) is 6.92 Å². The Hall–Kier alpha value is -1.81. The molecule has 0 heterocycles. The predicted octanol–water partition coefficient (Wildman–Crippen LogP) is 3.88. The van der Waals surface area contributed by atoms with Gasteiger partial charge in [0.25, 0.3) is 0 Å². The average molecular weight is 347 g/mol. The molecule has 3 nitrogen and oxygen atoms in total. The van der Waals surface area contributed by atoms with E-state index in [4.69, 9.17) is 0 Å². The molecule has 0 atom stereocenters. The molecule has 21 heavy (non-hydrogen) atoms. The van der Waals surface area contributed by atoms with E-state index in [1.54, 1.807) is 0 Å². The third kappa shape index (κ3) is 5.23. The van der Waals surface area contributed by atoms with Crippen molar-refractivity contribution in [2.75, 3.05) is 11.9 Å². The van der Waals surface area contributed by atoms with Gasteiger partial charge < -0.3 is 10.6 Å². The lowest BCUT2D eigenvalue weighted by molar-refractivity contribution is -0.121. The van der Waals surface area contributed by atoms with E-state index in [-0.39, 0.29) is 5.91 Å². The van der Waals surface area contributed by atoms with Gasteiger partial charge in [-0.2, -0.15) is 0 Å². The number of rotatable bonds is 6. The van der Waals surface area contributed by atoms with Crippen LogP contribution in [-0.4, -0.2) is 12.5 Å². The van der Waals surface area contributed by atoms with E-state index in [9.17, 15) is 4.79 Å². The smallest absolute Gasteiger partial charge is 0.222 e. The molecule has 2 N–H and O–H groups in total. The molecule has 0 bridgehead atoms. The lowest BCUT2D eigenvalue weighted by Crippen LogP contribution is -2.24. The minimum atomic E-state index is 0.0533. The fourth-order valence-corrected chi connectivity index (χ4v) is 2.29. The summed E-state index contributed by atoms with van der Waals surface area (Å²) < 4.78 is 1.07. The summed E-state index contributed by atoms with van der Waals surface area (Å²) in [5.41, 5.74) is 3.32. The molecule has 0 aliphatic carbocycles. The largest absolute Gasteiger partial charge is 0.384 e. The van der Waals surface area contributed by atoms with Crippen molar-refractivity contribution in [1.29, 1.82) is 0 Å². The third-order valence-corrected chi connectivity index (χ3v) is 4.04. The highest BCUT2D eigenvalue weighted by Crippen LogP contribution is 2.20. The maximum atomic E-state index is 11.8. The van der Waals surface area contributed by atoms with E-state index in [0.717, 1.165) is 15.7 Å². The van der Waals surface area contributed by atoms with Crippen LogP contribution in [0.4, 0.5) is 5.69 Å². The van der Waals surface area contributed by atoms with Crippen molar-refractivity contribution < 1.29 is 4.79 Å². The number of carbonyl (C=O) groups excluding carboxylic acids is 1. The number of carbonyl (C=O) groups is 1. The number of halogens is 1. The van der Waals surface area contributed by atoms with E-state index in [0.29, 0.717) is 19.5 Å². The van der Waals surface area contributed by atoms with Crippen LogP contribution in [0.25, 0.3) is 0 Å². The molecule has 1 amide bonds. The van der Waals surface area contributed by atoms with E-state index in [1.165, 1.54) is 5.56 Å². The highest BCUT2D eigenvalue weighted by molar-refractivity contribution is 9.10. The Kier molecular flexibility index (Phi) is 5.81. The molecule has 4 heteroatoms. The Labute approximate surface area is 133 Å². The van der Waals surface area contributed by atoms with Gasteiger partial charge in [-0.1, -0.05) is 52.3 Å².